The molecule has 41 heavy (non-hydrogen) atoms. The van der Waals surface area contributed by atoms with Gasteiger partial charge in [-0.1, -0.05) is 122 Å². The first kappa shape index (κ1) is 25.2. The molecule has 0 spiro atoms. The highest BCUT2D eigenvalue weighted by Gasteiger charge is 2.18. The molecule has 3 nitrogen and oxygen atoms in total. The number of nitrogens with zero attached hydrogens (tertiary/aromatic N) is 3. The first-order chi connectivity index (χ1) is 20.0. The molecule has 0 radical (unpaired) electrons. The lowest BCUT2D eigenvalue weighted by atomic mass is 10.0. The molecule has 2 heterocycles. The van der Waals surface area contributed by atoms with Crippen LogP contribution in [0.2, 0.25) is 19.6 Å². The Balaban J connectivity index is 1.42. The van der Waals surface area contributed by atoms with E-state index in [-0.39, 0.29) is 0 Å². The molecule has 5 aromatic carbocycles. The molecule has 0 N–H and O–H groups in total. The van der Waals surface area contributed by atoms with E-state index in [9.17, 15) is 0 Å². The van der Waals surface area contributed by atoms with Crippen molar-refractivity contribution in [2.75, 3.05) is 0 Å². The summed E-state index contributed by atoms with van der Waals surface area (Å²) in [7, 11) is -1.40. The van der Waals surface area contributed by atoms with Gasteiger partial charge in [0, 0.05) is 33.2 Å². The van der Waals surface area contributed by atoms with Gasteiger partial charge in [0.1, 0.15) is 0 Å². The maximum Gasteiger partial charge on any atom is 0.160 e. The number of rotatable bonds is 5. The smallest absolute Gasteiger partial charge is 0.160 e. The minimum atomic E-state index is -1.40. The number of aromatic nitrogens is 3. The van der Waals surface area contributed by atoms with Crippen molar-refractivity contribution in [3.63, 3.8) is 0 Å². The van der Waals surface area contributed by atoms with Crippen LogP contribution < -0.4 is 5.19 Å². The molecule has 4 heteroatoms. The van der Waals surface area contributed by atoms with Crippen LogP contribution in [0.25, 0.3) is 61.4 Å². The van der Waals surface area contributed by atoms with Gasteiger partial charge in [-0.2, -0.15) is 0 Å². The Morgan fingerprint density at radius 2 is 1.07 bits per heavy atom. The fraction of sp³-hybridized carbons (Fsp3) is 0.0811. The van der Waals surface area contributed by atoms with Gasteiger partial charge in [0.05, 0.1) is 30.5 Å². The van der Waals surface area contributed by atoms with Crippen molar-refractivity contribution in [1.29, 1.82) is 0 Å². The largest absolute Gasteiger partial charge is 0.309 e. The lowest BCUT2D eigenvalue weighted by molar-refractivity contribution is 1.18. The number of hydrogen-bond acceptors (Lipinski definition) is 2. The van der Waals surface area contributed by atoms with E-state index in [4.69, 9.17) is 9.97 Å². The molecule has 7 rings (SSSR count). The third-order valence-electron chi connectivity index (χ3n) is 7.79. The van der Waals surface area contributed by atoms with Crippen molar-refractivity contribution < 1.29 is 0 Å². The van der Waals surface area contributed by atoms with Gasteiger partial charge in [0.25, 0.3) is 0 Å². The molecule has 0 aliphatic rings. The summed E-state index contributed by atoms with van der Waals surface area (Å²) in [5, 5.41) is 3.87. The molecule has 0 saturated heterocycles. The first-order valence-electron chi connectivity index (χ1n) is 14.1. The summed E-state index contributed by atoms with van der Waals surface area (Å²) in [6, 6.07) is 47.3. The van der Waals surface area contributed by atoms with Crippen molar-refractivity contribution in [2.24, 2.45) is 0 Å². The second-order valence-electron chi connectivity index (χ2n) is 11.6. The topological polar surface area (TPSA) is 30.7 Å². The minimum absolute atomic E-state index is 0.746. The lowest BCUT2D eigenvalue weighted by Crippen LogP contribution is -2.37. The number of benzene rings is 5. The minimum Gasteiger partial charge on any atom is -0.309 e. The van der Waals surface area contributed by atoms with Crippen molar-refractivity contribution in [1.82, 2.24) is 14.5 Å². The summed E-state index contributed by atoms with van der Waals surface area (Å²) in [5.41, 5.74) is 8.57. The van der Waals surface area contributed by atoms with Crippen LogP contribution in [-0.4, -0.2) is 22.6 Å². The second-order valence-corrected chi connectivity index (χ2v) is 16.7. The first-order valence-corrected chi connectivity index (χ1v) is 17.6. The monoisotopic (exact) mass is 545 g/mol. The zero-order valence-corrected chi connectivity index (χ0v) is 24.5. The van der Waals surface area contributed by atoms with Gasteiger partial charge >= 0.3 is 0 Å². The van der Waals surface area contributed by atoms with Gasteiger partial charge in [-0.25, -0.2) is 9.97 Å². The Morgan fingerprint density at radius 3 is 1.78 bits per heavy atom. The fourth-order valence-corrected chi connectivity index (χ4v) is 6.75. The number of fused-ring (bicyclic) bond motifs is 3. The summed E-state index contributed by atoms with van der Waals surface area (Å²) in [6.07, 6.45) is 0. The molecular formula is C37H31N3Si. The third kappa shape index (κ3) is 4.66. The molecule has 7 aromatic rings. The quantitative estimate of drug-likeness (QED) is 0.202. The summed E-state index contributed by atoms with van der Waals surface area (Å²) in [6.45, 7) is 7.12. The maximum absolute atomic E-state index is 5.14. The van der Waals surface area contributed by atoms with Gasteiger partial charge < -0.3 is 4.57 Å². The van der Waals surface area contributed by atoms with E-state index in [1.54, 1.807) is 0 Å². The van der Waals surface area contributed by atoms with Gasteiger partial charge in [0.2, 0.25) is 0 Å². The second kappa shape index (κ2) is 9.99. The molecule has 0 amide bonds. The molecular weight excluding hydrogens is 515 g/mol. The average Bonchev–Trinajstić information content (AvgIpc) is 3.35. The number of hydrogen-bond donors (Lipinski definition) is 0. The maximum atomic E-state index is 5.14. The molecule has 198 valence electrons. The lowest BCUT2D eigenvalue weighted by Gasteiger charge is -2.17. The molecule has 2 aromatic heterocycles. The summed E-state index contributed by atoms with van der Waals surface area (Å²) < 4.78 is 2.34. The normalized spacial score (nSPS) is 11.8. The molecule has 0 saturated carbocycles. The van der Waals surface area contributed by atoms with Crippen LogP contribution in [0.5, 0.6) is 0 Å². The highest BCUT2D eigenvalue weighted by molar-refractivity contribution is 6.88. The highest BCUT2D eigenvalue weighted by atomic mass is 28.3. The summed E-state index contributed by atoms with van der Waals surface area (Å²) in [4.78, 5) is 10.2. The Labute approximate surface area is 241 Å². The van der Waals surface area contributed by atoms with Crippen molar-refractivity contribution in [2.45, 2.75) is 19.6 Å². The Hall–Kier alpha value is -4.80. The number of para-hydroxylation sites is 2. The zero-order chi connectivity index (χ0) is 28.0. The predicted octanol–water partition coefficient (Wildman–Crippen LogP) is 9.12. The van der Waals surface area contributed by atoms with Crippen LogP contribution in [0, 0.1) is 0 Å². The fourth-order valence-electron chi connectivity index (χ4n) is 5.59. The Morgan fingerprint density at radius 1 is 0.488 bits per heavy atom. The average molecular weight is 546 g/mol. The van der Waals surface area contributed by atoms with E-state index < -0.39 is 8.07 Å². The third-order valence-corrected chi connectivity index (χ3v) is 9.85. The van der Waals surface area contributed by atoms with Crippen LogP contribution >= 0.6 is 0 Å². The zero-order valence-electron chi connectivity index (χ0n) is 23.5. The van der Waals surface area contributed by atoms with Crippen LogP contribution in [-0.2, 0) is 0 Å². The predicted molar refractivity (Wildman–Crippen MR) is 176 cm³/mol. The molecule has 0 fully saturated rings. The SMILES string of the molecule is C[Si](C)(C)c1ccc(-c2nc(-c3ccccc3)cc(-c3ccc4c(c3)c3ccccc3n4-c3ccccc3)n2)cc1. The van der Waals surface area contributed by atoms with E-state index in [1.165, 1.54) is 27.0 Å². The molecule has 0 bridgehead atoms. The Kier molecular flexibility index (Phi) is 6.13. The van der Waals surface area contributed by atoms with Crippen molar-refractivity contribution in [3.8, 4) is 39.6 Å². The van der Waals surface area contributed by atoms with Crippen LogP contribution in [0.15, 0.2) is 133 Å². The standard InChI is InChI=1S/C37H31N3Si/c1-41(2,3)30-21-18-27(19-22-30)37-38-33(26-12-6-4-7-13-26)25-34(39-37)28-20-23-36-32(24-28)31-16-10-11-17-35(31)40(36)29-14-8-5-9-15-29/h4-25H,1-3H3. The van der Waals surface area contributed by atoms with Gasteiger partial charge in [-0.3, -0.25) is 0 Å². The van der Waals surface area contributed by atoms with Crippen molar-refractivity contribution >= 4 is 35.1 Å². The van der Waals surface area contributed by atoms with Gasteiger partial charge in [0.15, 0.2) is 5.82 Å². The summed E-state index contributed by atoms with van der Waals surface area (Å²) in [5.74, 6) is 0.746. The van der Waals surface area contributed by atoms with E-state index in [1.807, 2.05) is 6.07 Å². The van der Waals surface area contributed by atoms with Crippen LogP contribution in [0.1, 0.15) is 0 Å². The van der Waals surface area contributed by atoms with Crippen molar-refractivity contribution in [3.05, 3.63) is 133 Å². The van der Waals surface area contributed by atoms with E-state index in [0.717, 1.165) is 39.6 Å². The van der Waals surface area contributed by atoms with Crippen LogP contribution in [0.4, 0.5) is 0 Å². The molecule has 0 aliphatic heterocycles. The van der Waals surface area contributed by atoms with E-state index in [0.29, 0.717) is 0 Å². The highest BCUT2D eigenvalue weighted by Crippen LogP contribution is 2.35. The van der Waals surface area contributed by atoms with Crippen LogP contribution in [0.3, 0.4) is 0 Å². The van der Waals surface area contributed by atoms with E-state index in [2.05, 4.69) is 152 Å². The summed E-state index contributed by atoms with van der Waals surface area (Å²) >= 11 is 0. The Bertz CT molecular complexity index is 2000. The molecule has 0 unspecified atom stereocenters. The van der Waals surface area contributed by atoms with E-state index >= 15 is 0 Å². The molecule has 0 aliphatic carbocycles. The van der Waals surface area contributed by atoms with Gasteiger partial charge in [-0.15, -0.1) is 0 Å². The molecule has 0 atom stereocenters. The van der Waals surface area contributed by atoms with Gasteiger partial charge in [-0.05, 0) is 36.4 Å².